The maximum atomic E-state index is 14.1. The average Bonchev–Trinajstić information content (AvgIpc) is 3.46. The van der Waals surface area contributed by atoms with Crippen LogP contribution in [0.4, 0.5) is 13.6 Å². The molecular weight excluding hydrogens is 618 g/mol. The third kappa shape index (κ3) is 7.54. The first kappa shape index (κ1) is 33.8. The Balaban J connectivity index is 1.36. The molecule has 3 amide bonds. The van der Waals surface area contributed by atoms with E-state index in [1.165, 1.54) is 11.1 Å². The summed E-state index contributed by atoms with van der Waals surface area (Å²) >= 11 is 0. The predicted molar refractivity (Wildman–Crippen MR) is 164 cm³/mol. The first-order valence-electron chi connectivity index (χ1n) is 15.7. The number of nitrogens with one attached hydrogen (secondary N) is 2. The summed E-state index contributed by atoms with van der Waals surface area (Å²) in [6.45, 7) is 5.08. The Morgan fingerprint density at radius 3 is 2.47 bits per heavy atom. The normalized spacial score (nSPS) is 25.1. The van der Waals surface area contributed by atoms with E-state index in [9.17, 15) is 33.1 Å². The van der Waals surface area contributed by atoms with Gasteiger partial charge in [0, 0.05) is 24.4 Å². The van der Waals surface area contributed by atoms with Gasteiger partial charge in [-0.3, -0.25) is 9.59 Å². The molecule has 0 bridgehead atoms. The molecule has 1 aliphatic heterocycles. The van der Waals surface area contributed by atoms with E-state index in [4.69, 9.17) is 9.57 Å². The molecule has 0 radical (unpaired) electrons. The molecule has 0 spiro atoms. The summed E-state index contributed by atoms with van der Waals surface area (Å²) in [5, 5.41) is 23.0. The first-order chi connectivity index (χ1) is 22.3. The van der Waals surface area contributed by atoms with E-state index in [-0.39, 0.29) is 19.1 Å². The molecule has 2 aromatic rings. The van der Waals surface area contributed by atoms with Crippen molar-refractivity contribution in [3.05, 3.63) is 48.3 Å². The van der Waals surface area contributed by atoms with E-state index in [1.807, 2.05) is 18.2 Å². The summed E-state index contributed by atoms with van der Waals surface area (Å²) in [6.07, 6.45) is 2.87. The van der Waals surface area contributed by atoms with Gasteiger partial charge >= 0.3 is 12.1 Å². The number of carbonyl (C=O) groups excluding carboxylic acids is 3. The van der Waals surface area contributed by atoms with Crippen LogP contribution < -0.4 is 10.6 Å². The number of carboxylic acids is 1. The highest BCUT2D eigenvalue weighted by Gasteiger charge is 2.66. The number of rotatable bonds is 11. The zero-order valence-corrected chi connectivity index (χ0v) is 26.5. The number of alkyl halides is 2. The number of likely N-dealkylation sites (tertiary alicyclic amines) is 1. The number of ether oxygens (including phenoxy) is 1. The second-order valence-electron chi connectivity index (χ2n) is 13.4. The Kier molecular flexibility index (Phi) is 9.82. The minimum Gasteiger partial charge on any atom is -0.479 e. The number of nitrogens with zero attached hydrogens (tertiary/aromatic N) is 4. The van der Waals surface area contributed by atoms with Crippen LogP contribution in [-0.2, 0) is 24.0 Å². The van der Waals surface area contributed by atoms with Crippen molar-refractivity contribution in [3.8, 4) is 5.69 Å². The summed E-state index contributed by atoms with van der Waals surface area (Å²) in [4.78, 5) is 59.5. The van der Waals surface area contributed by atoms with Crippen molar-refractivity contribution < 1.29 is 42.6 Å². The number of hydrogen-bond donors (Lipinski definition) is 3. The van der Waals surface area contributed by atoms with Crippen LogP contribution in [0.3, 0.4) is 0 Å². The third-order valence-corrected chi connectivity index (χ3v) is 8.94. The maximum absolute atomic E-state index is 14.1. The molecule has 254 valence electrons. The van der Waals surface area contributed by atoms with Crippen molar-refractivity contribution in [2.24, 2.45) is 16.5 Å². The van der Waals surface area contributed by atoms with E-state index in [1.54, 1.807) is 50.0 Å². The Morgan fingerprint density at radius 1 is 1.13 bits per heavy atom. The van der Waals surface area contributed by atoms with Crippen molar-refractivity contribution in [1.82, 2.24) is 25.3 Å². The molecule has 3 fully saturated rings. The van der Waals surface area contributed by atoms with Crippen LogP contribution >= 0.6 is 0 Å². The molecule has 1 aromatic carbocycles. The van der Waals surface area contributed by atoms with Gasteiger partial charge in [-0.2, -0.15) is 5.10 Å². The van der Waals surface area contributed by atoms with Gasteiger partial charge in [0.25, 0.3) is 0 Å². The molecule has 2 saturated carbocycles. The van der Waals surface area contributed by atoms with Crippen LogP contribution in [0, 0.1) is 11.3 Å². The summed E-state index contributed by atoms with van der Waals surface area (Å²) in [5.41, 5.74) is -1.57. The summed E-state index contributed by atoms with van der Waals surface area (Å²) < 4.78 is 34.2. The Hall–Kier alpha value is -4.56. The van der Waals surface area contributed by atoms with E-state index < -0.39 is 71.8 Å². The van der Waals surface area contributed by atoms with E-state index in [2.05, 4.69) is 20.9 Å². The van der Waals surface area contributed by atoms with E-state index in [0.717, 1.165) is 31.4 Å². The number of alkyl carbamates (subject to hydrolysis) is 1. The number of carboxylic acid groups (broad SMARTS) is 1. The number of amides is 3. The molecule has 1 aromatic heterocycles. The lowest BCUT2D eigenvalue weighted by Gasteiger charge is -2.35. The molecule has 3 N–H and O–H groups in total. The molecule has 3 aliphatic rings. The molecule has 1 unspecified atom stereocenters. The van der Waals surface area contributed by atoms with Crippen LogP contribution in [0.15, 0.2) is 47.9 Å². The number of benzene rings is 1. The number of aliphatic carboxylic acids is 1. The number of aromatic nitrogens is 2. The maximum Gasteiger partial charge on any atom is 0.408 e. The minimum atomic E-state index is -2.96. The monoisotopic (exact) mass is 658 g/mol. The number of carbonyl (C=O) groups is 4. The summed E-state index contributed by atoms with van der Waals surface area (Å²) in [7, 11) is 0. The van der Waals surface area contributed by atoms with Gasteiger partial charge in [0.2, 0.25) is 18.2 Å². The van der Waals surface area contributed by atoms with Gasteiger partial charge < -0.3 is 30.2 Å². The van der Waals surface area contributed by atoms with Crippen molar-refractivity contribution in [1.29, 1.82) is 0 Å². The largest absolute Gasteiger partial charge is 0.479 e. The predicted octanol–water partition coefficient (Wildman–Crippen LogP) is 3.50. The number of oxime groups is 1. The molecule has 15 heteroatoms. The molecule has 13 nitrogen and oxygen atoms in total. The summed E-state index contributed by atoms with van der Waals surface area (Å²) in [5.74, 6) is -4.69. The highest BCUT2D eigenvalue weighted by atomic mass is 19.3. The fraction of sp³-hybridized carbons (Fsp3) is 0.562. The molecule has 1 saturated heterocycles. The quantitative estimate of drug-likeness (QED) is 0.244. The third-order valence-electron chi connectivity index (χ3n) is 8.94. The number of para-hydroxylation sites is 1. The standard InChI is InChI=1S/C32H40F2N6O7/c1-31(2,3)25(37-30(45)46-20-10-5-6-11-20)28(42)39-18-21(15-24(39)27(41)38-32(29(43)44)16-22(32)26(33)34)47-36-17-19-9-4-7-12-23(19)40-14-8-13-35-40/h4,7-9,12-14,17,20-22,24-26H,5-6,10-11,15-16,18H2,1-3H3,(H,37,45)(H,38,41)(H,43,44)/b36-17+/t21-,22+,24?,25-,32+/m1/s1. The highest BCUT2D eigenvalue weighted by Crippen LogP contribution is 2.48. The smallest absolute Gasteiger partial charge is 0.408 e. The van der Waals surface area contributed by atoms with Crippen molar-refractivity contribution >= 4 is 30.1 Å². The highest BCUT2D eigenvalue weighted by molar-refractivity contribution is 5.96. The summed E-state index contributed by atoms with van der Waals surface area (Å²) in [6, 6.07) is 6.63. The van der Waals surface area contributed by atoms with Crippen molar-refractivity contribution in [2.45, 2.75) is 95.6 Å². The van der Waals surface area contributed by atoms with Gasteiger partial charge in [-0.15, -0.1) is 0 Å². The van der Waals surface area contributed by atoms with Gasteiger partial charge in [0.15, 0.2) is 0 Å². The van der Waals surface area contributed by atoms with Gasteiger partial charge in [-0.25, -0.2) is 23.1 Å². The average molecular weight is 659 g/mol. The van der Waals surface area contributed by atoms with E-state index in [0.29, 0.717) is 5.56 Å². The van der Waals surface area contributed by atoms with Crippen molar-refractivity contribution in [3.63, 3.8) is 0 Å². The molecule has 5 rings (SSSR count). The number of halogens is 2. The lowest BCUT2D eigenvalue weighted by Crippen LogP contribution is -2.59. The topological polar surface area (TPSA) is 164 Å². The molecule has 2 aliphatic carbocycles. The Labute approximate surface area is 270 Å². The van der Waals surface area contributed by atoms with Crippen LogP contribution in [0.25, 0.3) is 5.69 Å². The lowest BCUT2D eigenvalue weighted by atomic mass is 9.85. The van der Waals surface area contributed by atoms with E-state index >= 15 is 0 Å². The van der Waals surface area contributed by atoms with Gasteiger partial charge in [0.1, 0.15) is 29.8 Å². The SMILES string of the molecule is CC(C)(C)[C@H](NC(=O)OC1CCCC1)C(=O)N1C[C@H](O/N=C/c2ccccc2-n2cccn2)CC1C(=O)N[C@@]1(C(=O)O)C[C@H]1C(F)F. The Bertz CT molecular complexity index is 1490. The van der Waals surface area contributed by atoms with Gasteiger partial charge in [-0.05, 0) is 49.7 Å². The fourth-order valence-electron chi connectivity index (χ4n) is 6.22. The second-order valence-corrected chi connectivity index (χ2v) is 13.4. The zero-order chi connectivity index (χ0) is 33.9. The molecular formula is C32H40F2N6O7. The Morgan fingerprint density at radius 2 is 1.85 bits per heavy atom. The van der Waals surface area contributed by atoms with Gasteiger partial charge in [-0.1, -0.05) is 44.1 Å². The molecule has 5 atom stereocenters. The van der Waals surface area contributed by atoms with Crippen molar-refractivity contribution in [2.75, 3.05) is 6.54 Å². The fourth-order valence-corrected chi connectivity index (χ4v) is 6.22. The lowest BCUT2D eigenvalue weighted by molar-refractivity contribution is -0.147. The molecule has 2 heterocycles. The van der Waals surface area contributed by atoms with Crippen LogP contribution in [0.2, 0.25) is 0 Å². The first-order valence-corrected chi connectivity index (χ1v) is 15.7. The minimum absolute atomic E-state index is 0.103. The zero-order valence-electron chi connectivity index (χ0n) is 26.5. The van der Waals surface area contributed by atoms with Crippen LogP contribution in [0.1, 0.15) is 64.9 Å². The second kappa shape index (κ2) is 13.7. The van der Waals surface area contributed by atoms with Gasteiger partial charge in [0.05, 0.1) is 24.4 Å². The van der Waals surface area contributed by atoms with Crippen LogP contribution in [-0.4, -0.2) is 92.7 Å². The molecule has 47 heavy (non-hydrogen) atoms. The van der Waals surface area contributed by atoms with Crippen LogP contribution in [0.5, 0.6) is 0 Å². The number of hydrogen-bond acceptors (Lipinski definition) is 8.